The second-order valence-electron chi connectivity index (χ2n) is 16.5. The molecule has 0 aromatic carbocycles. The Morgan fingerprint density at radius 1 is 0.927 bits per heavy atom. The Morgan fingerprint density at radius 2 is 1.65 bits per heavy atom. The molecule has 8 rings (SSSR count). The molecule has 0 bridgehead atoms. The van der Waals surface area contributed by atoms with E-state index in [1.807, 2.05) is 21.6 Å². The third-order valence-electron chi connectivity index (χ3n) is 13.3. The second-order valence-corrected chi connectivity index (χ2v) is 19.3. The zero-order valence-electron chi connectivity index (χ0n) is 32.3. The van der Waals surface area contributed by atoms with Gasteiger partial charge in [0.2, 0.25) is 5.91 Å². The van der Waals surface area contributed by atoms with Gasteiger partial charge in [-0.15, -0.1) is 0 Å². The highest BCUT2D eigenvalue weighted by Gasteiger charge is 3.01. The number of rotatable bonds is 22. The van der Waals surface area contributed by atoms with Crippen LogP contribution in [0.25, 0.3) is 0 Å². The minimum Gasteiger partial charge on any atom is -0.458 e. The van der Waals surface area contributed by atoms with Crippen molar-refractivity contribution in [3.8, 4) is 0 Å². The molecule has 5 heterocycles. The summed E-state index contributed by atoms with van der Waals surface area (Å²) in [4.78, 5) is 37.6. The van der Waals surface area contributed by atoms with Gasteiger partial charge < -0.3 is 52.7 Å². The molecule has 0 radical (unpaired) electrons. The van der Waals surface area contributed by atoms with E-state index in [-0.39, 0.29) is 60.7 Å². The lowest BCUT2D eigenvalue weighted by Gasteiger charge is -2.53. The number of ether oxygens (including phenoxy) is 10. The maximum Gasteiger partial charge on any atom is 0.508 e. The van der Waals surface area contributed by atoms with Crippen LogP contribution in [0.3, 0.4) is 0 Å². The van der Waals surface area contributed by atoms with Crippen molar-refractivity contribution in [1.29, 1.82) is 0 Å². The van der Waals surface area contributed by atoms with Gasteiger partial charge in [0.1, 0.15) is 36.6 Å². The van der Waals surface area contributed by atoms with Crippen LogP contribution >= 0.6 is 21.6 Å². The molecule has 1 amide bonds. The first-order chi connectivity index (χ1) is 26.7. The fourth-order valence-electron chi connectivity index (χ4n) is 10.5. The van der Waals surface area contributed by atoms with Crippen molar-refractivity contribution in [3.05, 3.63) is 11.1 Å². The Labute approximate surface area is 331 Å². The molecule has 2 saturated carbocycles. The summed E-state index contributed by atoms with van der Waals surface area (Å²) in [5.41, 5.74) is -0.610. The number of hydrogen-bond acceptors (Lipinski definition) is 15. The van der Waals surface area contributed by atoms with E-state index in [9.17, 15) is 14.4 Å². The predicted molar refractivity (Wildman–Crippen MR) is 201 cm³/mol. The van der Waals surface area contributed by atoms with Gasteiger partial charge in [0.25, 0.3) is 0 Å². The minimum atomic E-state index is -0.823. The zero-order valence-corrected chi connectivity index (χ0v) is 33.9. The van der Waals surface area contributed by atoms with E-state index in [0.29, 0.717) is 72.2 Å². The molecular formula is C39H57NO13S2. The fraction of sp³-hybridized carbons (Fsp3) is 0.872. The first kappa shape index (κ1) is 40.2. The summed E-state index contributed by atoms with van der Waals surface area (Å²) >= 11 is 0. The minimum absolute atomic E-state index is 0.0304. The van der Waals surface area contributed by atoms with E-state index in [4.69, 9.17) is 47.4 Å². The van der Waals surface area contributed by atoms with E-state index in [0.717, 1.165) is 42.1 Å². The third-order valence-corrected chi connectivity index (χ3v) is 16.3. The van der Waals surface area contributed by atoms with Crippen LogP contribution in [-0.2, 0) is 57.0 Å². The summed E-state index contributed by atoms with van der Waals surface area (Å²) in [5, 5.41) is 3.68. The van der Waals surface area contributed by atoms with Gasteiger partial charge in [-0.2, -0.15) is 0 Å². The van der Waals surface area contributed by atoms with Crippen LogP contribution in [0, 0.1) is 17.3 Å². The highest BCUT2D eigenvalue weighted by atomic mass is 33.1. The number of carbonyl (C=O) groups excluding carboxylic acids is 3. The van der Waals surface area contributed by atoms with Gasteiger partial charge in [-0.05, 0) is 55.9 Å². The lowest BCUT2D eigenvalue weighted by atomic mass is 9.46. The van der Waals surface area contributed by atoms with Gasteiger partial charge in [0.05, 0.1) is 59.0 Å². The molecule has 0 aromatic rings. The monoisotopic (exact) mass is 811 g/mol. The van der Waals surface area contributed by atoms with E-state index in [1.165, 1.54) is 18.6 Å². The number of nitrogens with one attached hydrogen (secondary N) is 1. The molecule has 4 saturated heterocycles. The Morgan fingerprint density at radius 3 is 2.36 bits per heavy atom. The van der Waals surface area contributed by atoms with Gasteiger partial charge in [0.15, 0.2) is 11.7 Å². The molecule has 3 aliphatic carbocycles. The Bertz CT molecular complexity index is 1480. The van der Waals surface area contributed by atoms with Crippen molar-refractivity contribution >= 4 is 39.6 Å². The molecule has 1 N–H and O–H groups in total. The normalized spacial score (nSPS) is 38.6. The number of epoxide rings is 3. The number of fused-ring (bicyclic) bond motifs is 4. The SMILES string of the molecule is CC(C)C12OC1C1OC13C1(C)CCC4=C(COC4=O)C1CC1OC13C2OC(=O)OCCOCCOCCOCCOCCNC(=O)CCCCC1CCSS1. The van der Waals surface area contributed by atoms with E-state index >= 15 is 0 Å². The number of cyclic esters (lactones) is 1. The highest BCUT2D eigenvalue weighted by molar-refractivity contribution is 8.77. The van der Waals surface area contributed by atoms with Crippen LogP contribution in [0.15, 0.2) is 11.1 Å². The maximum absolute atomic E-state index is 13.2. The van der Waals surface area contributed by atoms with Crippen LogP contribution in [0.2, 0.25) is 0 Å². The van der Waals surface area contributed by atoms with Crippen LogP contribution < -0.4 is 5.32 Å². The quantitative estimate of drug-likeness (QED) is 0.0717. The summed E-state index contributed by atoms with van der Waals surface area (Å²) < 4.78 is 59.2. The van der Waals surface area contributed by atoms with Crippen molar-refractivity contribution in [2.75, 3.05) is 78.4 Å². The van der Waals surface area contributed by atoms with Crippen molar-refractivity contribution in [2.45, 2.75) is 119 Å². The maximum atomic E-state index is 13.2. The molecule has 5 aliphatic heterocycles. The predicted octanol–water partition coefficient (Wildman–Crippen LogP) is 4.16. The number of carbonyl (C=O) groups is 3. The summed E-state index contributed by atoms with van der Waals surface area (Å²) in [7, 11) is 3.95. The average Bonchev–Trinajstić information content (AvgIpc) is 4.11. The number of unbranched alkanes of at least 4 members (excludes halogenated alkanes) is 1. The van der Waals surface area contributed by atoms with Gasteiger partial charge in [-0.25, -0.2) is 9.59 Å². The number of esters is 1. The van der Waals surface area contributed by atoms with Crippen molar-refractivity contribution in [2.24, 2.45) is 17.3 Å². The average molecular weight is 812 g/mol. The van der Waals surface area contributed by atoms with Crippen LogP contribution in [0.5, 0.6) is 0 Å². The molecule has 2 spiro atoms. The standard InChI is InChI=1S/C39H57NO13S2/c1-24(2)37-31(52-37)32-39(53-32)36(3)10-8-26-27(23-49-33(26)42)28(36)22-29-38(39,51-29)34(37)50-35(43)48-20-19-47-18-17-46-16-15-45-14-13-44-12-11-40-30(41)7-5-4-6-25-9-21-54-55-25/h24-25,28-29,31-32,34H,4-23H2,1-3H3,(H,40,41). The van der Waals surface area contributed by atoms with Gasteiger partial charge in [-0.1, -0.05) is 48.8 Å². The Balaban J connectivity index is 0.673. The van der Waals surface area contributed by atoms with Gasteiger partial charge in [-0.3, -0.25) is 4.79 Å². The summed E-state index contributed by atoms with van der Waals surface area (Å²) in [6.07, 6.45) is 5.26. The molecule has 10 atom stereocenters. The lowest BCUT2D eigenvalue weighted by molar-refractivity contribution is -0.136. The van der Waals surface area contributed by atoms with E-state index < -0.39 is 29.1 Å². The van der Waals surface area contributed by atoms with Gasteiger partial charge in [0, 0.05) is 35.0 Å². The molecule has 55 heavy (non-hydrogen) atoms. The molecule has 6 fully saturated rings. The first-order valence-electron chi connectivity index (χ1n) is 20.3. The molecule has 0 aromatic heterocycles. The summed E-state index contributed by atoms with van der Waals surface area (Å²) in [6.45, 7) is 10.4. The molecule has 8 aliphatic rings. The van der Waals surface area contributed by atoms with Crippen molar-refractivity contribution in [1.82, 2.24) is 5.32 Å². The molecule has 10 unspecified atom stereocenters. The second kappa shape index (κ2) is 16.6. The summed E-state index contributed by atoms with van der Waals surface area (Å²) in [5.74, 6) is 1.30. The lowest BCUT2D eigenvalue weighted by Crippen LogP contribution is -2.70. The largest absolute Gasteiger partial charge is 0.508 e. The molecule has 14 nitrogen and oxygen atoms in total. The first-order valence-corrected chi connectivity index (χ1v) is 22.7. The van der Waals surface area contributed by atoms with Crippen LogP contribution in [0.1, 0.15) is 72.1 Å². The third kappa shape index (κ3) is 7.25. The van der Waals surface area contributed by atoms with Crippen LogP contribution in [-0.4, -0.2) is 143 Å². The zero-order chi connectivity index (χ0) is 38.3. The smallest absolute Gasteiger partial charge is 0.458 e. The topological polar surface area (TPSA) is 165 Å². The number of amides is 1. The molecular weight excluding hydrogens is 755 g/mol. The fourth-order valence-corrected chi connectivity index (χ4v) is 13.5. The number of hydrogen-bond donors (Lipinski definition) is 1. The Hall–Kier alpha value is -1.63. The Kier molecular flexibility index (Phi) is 12.1. The van der Waals surface area contributed by atoms with Crippen molar-refractivity contribution in [3.63, 3.8) is 0 Å². The van der Waals surface area contributed by atoms with E-state index in [1.54, 1.807) is 0 Å². The van der Waals surface area contributed by atoms with Crippen LogP contribution in [0.4, 0.5) is 4.79 Å². The molecule has 308 valence electrons. The van der Waals surface area contributed by atoms with E-state index in [2.05, 4.69) is 26.1 Å². The summed E-state index contributed by atoms with van der Waals surface area (Å²) in [6, 6.07) is 0. The highest BCUT2D eigenvalue weighted by Crippen LogP contribution is 2.83. The van der Waals surface area contributed by atoms with Crippen molar-refractivity contribution < 1.29 is 61.8 Å². The van der Waals surface area contributed by atoms with Gasteiger partial charge >= 0.3 is 12.1 Å². The molecule has 16 heteroatoms.